The molecule has 1 aromatic rings. The van der Waals surface area contributed by atoms with Crippen molar-refractivity contribution in [3.05, 3.63) is 29.6 Å². The highest BCUT2D eigenvalue weighted by atomic mass is 19.4. The molecule has 2 N–H and O–H groups in total. The van der Waals surface area contributed by atoms with Crippen molar-refractivity contribution in [2.45, 2.75) is 12.6 Å². The van der Waals surface area contributed by atoms with Gasteiger partial charge in [0.2, 0.25) is 0 Å². The lowest BCUT2D eigenvalue weighted by molar-refractivity contribution is -0.132. The first kappa shape index (κ1) is 15.0. The fourth-order valence-corrected chi connectivity index (χ4v) is 1.22. The number of amides is 1. The fourth-order valence-electron chi connectivity index (χ4n) is 1.22. The van der Waals surface area contributed by atoms with Crippen LogP contribution in [0.4, 0.5) is 13.2 Å². The number of nitrogens with zero attached hydrogens (tertiary/aromatic N) is 1. The highest BCUT2D eigenvalue weighted by molar-refractivity contribution is 5.94. The largest absolute Gasteiger partial charge is 0.390 e. The standard InChI is InChI=1S/C12H11F3N2O2/c13-12(14,15)5-7-17-11(19)10-9(4-2-8-18)3-1-6-16-10/h1,3,6,18H,5,7-8H2,(H,17,19). The average Bonchev–Trinajstić information content (AvgIpc) is 2.35. The molecule has 0 fully saturated rings. The van der Waals surface area contributed by atoms with Gasteiger partial charge in [0, 0.05) is 12.7 Å². The first-order valence-corrected chi connectivity index (χ1v) is 5.34. The molecule has 0 spiro atoms. The van der Waals surface area contributed by atoms with Gasteiger partial charge in [-0.05, 0) is 12.1 Å². The lowest BCUT2D eigenvalue weighted by atomic mass is 10.2. The van der Waals surface area contributed by atoms with Gasteiger partial charge in [-0.25, -0.2) is 4.98 Å². The third-order valence-electron chi connectivity index (χ3n) is 2.02. The first-order valence-electron chi connectivity index (χ1n) is 5.34. The van der Waals surface area contributed by atoms with E-state index in [-0.39, 0.29) is 17.9 Å². The van der Waals surface area contributed by atoms with Crippen LogP contribution in [0.1, 0.15) is 22.5 Å². The summed E-state index contributed by atoms with van der Waals surface area (Å²) in [7, 11) is 0. The molecule has 7 heteroatoms. The van der Waals surface area contributed by atoms with Crippen LogP contribution in [0.2, 0.25) is 0 Å². The summed E-state index contributed by atoms with van der Waals surface area (Å²) in [6, 6.07) is 3.03. The van der Waals surface area contributed by atoms with Gasteiger partial charge in [0.1, 0.15) is 12.3 Å². The monoisotopic (exact) mass is 272 g/mol. The van der Waals surface area contributed by atoms with E-state index >= 15 is 0 Å². The third-order valence-corrected chi connectivity index (χ3v) is 2.02. The number of carbonyl (C=O) groups is 1. The third kappa shape index (κ3) is 5.40. The Kier molecular flexibility index (Phi) is 5.33. The van der Waals surface area contributed by atoms with Crippen molar-refractivity contribution in [1.29, 1.82) is 0 Å². The Morgan fingerprint density at radius 2 is 2.21 bits per heavy atom. The molecular weight excluding hydrogens is 261 g/mol. The smallest absolute Gasteiger partial charge is 0.384 e. The maximum absolute atomic E-state index is 11.9. The number of aliphatic hydroxyl groups excluding tert-OH is 1. The van der Waals surface area contributed by atoms with Crippen molar-refractivity contribution in [3.63, 3.8) is 0 Å². The molecule has 102 valence electrons. The zero-order valence-corrected chi connectivity index (χ0v) is 9.79. The molecule has 0 radical (unpaired) electrons. The topological polar surface area (TPSA) is 62.2 Å². The number of nitrogens with one attached hydrogen (secondary N) is 1. The number of aromatic nitrogens is 1. The summed E-state index contributed by atoms with van der Waals surface area (Å²) in [5, 5.41) is 10.7. The van der Waals surface area contributed by atoms with Crippen LogP contribution in [-0.4, -0.2) is 35.3 Å². The van der Waals surface area contributed by atoms with Gasteiger partial charge in [-0.2, -0.15) is 13.2 Å². The second-order valence-corrected chi connectivity index (χ2v) is 3.48. The number of alkyl halides is 3. The Hall–Kier alpha value is -2.07. The number of carbonyl (C=O) groups excluding carboxylic acids is 1. The molecule has 0 aliphatic carbocycles. The minimum atomic E-state index is -4.32. The molecular formula is C12H11F3N2O2. The van der Waals surface area contributed by atoms with Crippen molar-refractivity contribution >= 4 is 5.91 Å². The van der Waals surface area contributed by atoms with Crippen LogP contribution in [0.5, 0.6) is 0 Å². The number of halogens is 3. The van der Waals surface area contributed by atoms with E-state index < -0.39 is 25.0 Å². The highest BCUT2D eigenvalue weighted by Gasteiger charge is 2.26. The molecule has 0 atom stereocenters. The van der Waals surface area contributed by atoms with Gasteiger partial charge in [-0.3, -0.25) is 4.79 Å². The highest BCUT2D eigenvalue weighted by Crippen LogP contribution is 2.18. The summed E-state index contributed by atoms with van der Waals surface area (Å²) >= 11 is 0. The van der Waals surface area contributed by atoms with Gasteiger partial charge < -0.3 is 10.4 Å². The molecule has 1 aromatic heterocycles. The van der Waals surface area contributed by atoms with Gasteiger partial charge in [0.05, 0.1) is 12.0 Å². The van der Waals surface area contributed by atoms with E-state index in [1.54, 1.807) is 0 Å². The second kappa shape index (κ2) is 6.75. The quantitative estimate of drug-likeness (QED) is 0.810. The Morgan fingerprint density at radius 3 is 2.84 bits per heavy atom. The number of hydrogen-bond donors (Lipinski definition) is 2. The number of pyridine rings is 1. The summed E-state index contributed by atoms with van der Waals surface area (Å²) in [4.78, 5) is 15.4. The Labute approximate surface area is 107 Å². The lowest BCUT2D eigenvalue weighted by Gasteiger charge is -2.08. The molecule has 1 amide bonds. The van der Waals surface area contributed by atoms with E-state index in [1.165, 1.54) is 18.3 Å². The van der Waals surface area contributed by atoms with E-state index in [0.29, 0.717) is 0 Å². The van der Waals surface area contributed by atoms with Crippen LogP contribution in [-0.2, 0) is 0 Å². The zero-order chi connectivity index (χ0) is 14.3. The average molecular weight is 272 g/mol. The molecule has 0 bridgehead atoms. The van der Waals surface area contributed by atoms with E-state index in [9.17, 15) is 18.0 Å². The zero-order valence-electron chi connectivity index (χ0n) is 9.79. The maximum atomic E-state index is 11.9. The first-order chi connectivity index (χ1) is 8.94. The maximum Gasteiger partial charge on any atom is 0.390 e. The van der Waals surface area contributed by atoms with Crippen molar-refractivity contribution < 1.29 is 23.1 Å². The molecule has 0 unspecified atom stereocenters. The molecule has 0 saturated carbocycles. The molecule has 4 nitrogen and oxygen atoms in total. The van der Waals surface area contributed by atoms with Crippen molar-refractivity contribution in [3.8, 4) is 11.8 Å². The lowest BCUT2D eigenvalue weighted by Crippen LogP contribution is -2.29. The summed E-state index contributed by atoms with van der Waals surface area (Å²) < 4.78 is 35.8. The van der Waals surface area contributed by atoms with E-state index in [1.807, 2.05) is 0 Å². The second-order valence-electron chi connectivity index (χ2n) is 3.48. The minimum Gasteiger partial charge on any atom is -0.384 e. The molecule has 1 rings (SSSR count). The van der Waals surface area contributed by atoms with Crippen LogP contribution in [0, 0.1) is 11.8 Å². The summed E-state index contributed by atoms with van der Waals surface area (Å²) in [6.07, 6.45) is -4.09. The van der Waals surface area contributed by atoms with Gasteiger partial charge >= 0.3 is 6.18 Å². The predicted molar refractivity (Wildman–Crippen MR) is 61.2 cm³/mol. The Balaban J connectivity index is 2.72. The van der Waals surface area contributed by atoms with Crippen molar-refractivity contribution in [2.24, 2.45) is 0 Å². The number of rotatable bonds is 3. The molecule has 0 aliphatic heterocycles. The van der Waals surface area contributed by atoms with Crippen LogP contribution in [0.15, 0.2) is 18.3 Å². The summed E-state index contributed by atoms with van der Waals surface area (Å²) in [5.74, 6) is 4.12. The van der Waals surface area contributed by atoms with Crippen LogP contribution in [0.3, 0.4) is 0 Å². The Bertz CT molecular complexity index is 504. The Morgan fingerprint density at radius 1 is 1.47 bits per heavy atom. The fraction of sp³-hybridized carbons (Fsp3) is 0.333. The molecule has 0 aliphatic rings. The molecule has 1 heterocycles. The number of aliphatic hydroxyl groups is 1. The SMILES string of the molecule is O=C(NCCC(F)(F)F)c1ncccc1C#CCO. The van der Waals surface area contributed by atoms with Gasteiger partial charge in [-0.1, -0.05) is 11.8 Å². The van der Waals surface area contributed by atoms with Crippen LogP contribution >= 0.6 is 0 Å². The number of hydrogen-bond acceptors (Lipinski definition) is 3. The van der Waals surface area contributed by atoms with Crippen LogP contribution in [0.25, 0.3) is 0 Å². The van der Waals surface area contributed by atoms with Crippen molar-refractivity contribution in [1.82, 2.24) is 10.3 Å². The minimum absolute atomic E-state index is 0.0642. The van der Waals surface area contributed by atoms with E-state index in [4.69, 9.17) is 5.11 Å². The normalized spacial score (nSPS) is 10.5. The van der Waals surface area contributed by atoms with E-state index in [0.717, 1.165) is 0 Å². The van der Waals surface area contributed by atoms with Gasteiger partial charge in [0.15, 0.2) is 0 Å². The van der Waals surface area contributed by atoms with E-state index in [2.05, 4.69) is 22.1 Å². The van der Waals surface area contributed by atoms with Crippen LogP contribution < -0.4 is 5.32 Å². The summed E-state index contributed by atoms with van der Waals surface area (Å²) in [6.45, 7) is -0.907. The predicted octanol–water partition coefficient (Wildman–Crippen LogP) is 1.11. The molecule has 0 aromatic carbocycles. The summed E-state index contributed by atoms with van der Waals surface area (Å²) in [5.41, 5.74) is 0.187. The molecule has 0 saturated heterocycles. The van der Waals surface area contributed by atoms with Crippen molar-refractivity contribution in [2.75, 3.05) is 13.2 Å². The van der Waals surface area contributed by atoms with Gasteiger partial charge in [-0.15, -0.1) is 0 Å². The van der Waals surface area contributed by atoms with Gasteiger partial charge in [0.25, 0.3) is 5.91 Å². The molecule has 19 heavy (non-hydrogen) atoms.